The molecular formula is C17H19N3O4. The molecule has 1 saturated heterocycles. The Morgan fingerprint density at radius 3 is 2.67 bits per heavy atom. The van der Waals surface area contributed by atoms with Crippen molar-refractivity contribution in [1.29, 1.82) is 0 Å². The maximum Gasteiger partial charge on any atom is 0.326 e. The minimum atomic E-state index is -0.971. The van der Waals surface area contributed by atoms with Crippen LogP contribution in [0.3, 0.4) is 0 Å². The summed E-state index contributed by atoms with van der Waals surface area (Å²) in [6.07, 6.45) is 2.07. The maximum absolute atomic E-state index is 12.7. The number of piperidine rings is 1. The quantitative estimate of drug-likeness (QED) is 0.905. The Hall–Kier alpha value is -2.70. The summed E-state index contributed by atoms with van der Waals surface area (Å²) in [6, 6.07) is 6.25. The van der Waals surface area contributed by atoms with Crippen LogP contribution in [-0.4, -0.2) is 44.3 Å². The molecule has 7 nitrogen and oxygen atoms in total. The summed E-state index contributed by atoms with van der Waals surface area (Å²) in [5.74, 6) is -1.24. The van der Waals surface area contributed by atoms with Gasteiger partial charge in [0.2, 0.25) is 5.91 Å². The van der Waals surface area contributed by atoms with Gasteiger partial charge in [-0.1, -0.05) is 18.2 Å². The van der Waals surface area contributed by atoms with Gasteiger partial charge in [-0.05, 0) is 25.3 Å². The van der Waals surface area contributed by atoms with Crippen LogP contribution in [0, 0.1) is 0 Å². The Morgan fingerprint density at radius 2 is 1.96 bits per heavy atom. The van der Waals surface area contributed by atoms with E-state index in [0.29, 0.717) is 29.4 Å². The van der Waals surface area contributed by atoms with E-state index >= 15 is 0 Å². The molecule has 2 heterocycles. The summed E-state index contributed by atoms with van der Waals surface area (Å²) in [5, 5.41) is 14.7. The van der Waals surface area contributed by atoms with Crippen LogP contribution in [0.2, 0.25) is 0 Å². The maximum atomic E-state index is 12.7. The molecule has 0 saturated carbocycles. The monoisotopic (exact) mass is 329 g/mol. The predicted molar refractivity (Wildman–Crippen MR) is 87.7 cm³/mol. The Morgan fingerprint density at radius 1 is 1.25 bits per heavy atom. The highest BCUT2D eigenvalue weighted by Gasteiger charge is 2.32. The van der Waals surface area contributed by atoms with E-state index < -0.39 is 12.0 Å². The third-order valence-electron chi connectivity index (χ3n) is 4.46. The molecule has 1 aromatic heterocycles. The van der Waals surface area contributed by atoms with Gasteiger partial charge in [0.25, 0.3) is 5.56 Å². The summed E-state index contributed by atoms with van der Waals surface area (Å²) in [7, 11) is 1.55. The highest BCUT2D eigenvalue weighted by Crippen LogP contribution is 2.20. The Balaban J connectivity index is 1.95. The zero-order chi connectivity index (χ0) is 17.3. The summed E-state index contributed by atoms with van der Waals surface area (Å²) < 4.78 is 1.22. The lowest BCUT2D eigenvalue weighted by Gasteiger charge is -2.33. The third kappa shape index (κ3) is 2.89. The lowest BCUT2D eigenvalue weighted by atomic mass is 10.0. The van der Waals surface area contributed by atoms with Gasteiger partial charge in [-0.2, -0.15) is 5.10 Å². The first kappa shape index (κ1) is 16.2. The molecule has 1 aromatic carbocycles. The number of aromatic nitrogens is 2. The average molecular weight is 329 g/mol. The third-order valence-corrected chi connectivity index (χ3v) is 4.46. The fraction of sp³-hybridized carbons (Fsp3) is 0.412. The van der Waals surface area contributed by atoms with Crippen molar-refractivity contribution in [2.45, 2.75) is 31.7 Å². The van der Waals surface area contributed by atoms with E-state index in [-0.39, 0.29) is 17.9 Å². The average Bonchev–Trinajstić information content (AvgIpc) is 2.59. The van der Waals surface area contributed by atoms with Gasteiger partial charge in [-0.15, -0.1) is 0 Å². The van der Waals surface area contributed by atoms with Gasteiger partial charge in [-0.3, -0.25) is 9.59 Å². The van der Waals surface area contributed by atoms with E-state index in [1.807, 2.05) is 0 Å². The molecule has 126 valence electrons. The topological polar surface area (TPSA) is 92.5 Å². The van der Waals surface area contributed by atoms with Crippen molar-refractivity contribution in [3.05, 3.63) is 40.3 Å². The molecule has 1 aliphatic heterocycles. The van der Waals surface area contributed by atoms with Gasteiger partial charge in [0, 0.05) is 19.0 Å². The smallest absolute Gasteiger partial charge is 0.326 e. The van der Waals surface area contributed by atoms with Gasteiger partial charge in [0.15, 0.2) is 0 Å². The molecule has 0 unspecified atom stereocenters. The number of carboxylic acids is 1. The second kappa shape index (κ2) is 6.43. The van der Waals surface area contributed by atoms with Crippen molar-refractivity contribution in [3.63, 3.8) is 0 Å². The molecule has 2 aromatic rings. The number of hydrogen-bond donors (Lipinski definition) is 1. The first-order valence-corrected chi connectivity index (χ1v) is 7.96. The normalized spacial score (nSPS) is 17.9. The number of benzene rings is 1. The number of carboxylic acid groups (broad SMARTS) is 1. The zero-order valence-electron chi connectivity index (χ0n) is 13.4. The van der Waals surface area contributed by atoms with Crippen LogP contribution < -0.4 is 5.56 Å². The lowest BCUT2D eigenvalue weighted by molar-refractivity contribution is -0.151. The van der Waals surface area contributed by atoms with Crippen molar-refractivity contribution >= 4 is 22.6 Å². The fourth-order valence-corrected chi connectivity index (χ4v) is 3.24. The van der Waals surface area contributed by atoms with Crippen LogP contribution in [0.5, 0.6) is 0 Å². The van der Waals surface area contributed by atoms with Gasteiger partial charge >= 0.3 is 5.97 Å². The minimum absolute atomic E-state index is 0.0155. The van der Waals surface area contributed by atoms with Gasteiger partial charge in [0.1, 0.15) is 6.04 Å². The van der Waals surface area contributed by atoms with Crippen LogP contribution in [0.15, 0.2) is 29.1 Å². The van der Waals surface area contributed by atoms with Crippen LogP contribution in [-0.2, 0) is 23.1 Å². The molecule has 1 atom stereocenters. The SMILES string of the molecule is Cn1nc(CC(=O)N2CCCC[C@@H]2C(=O)O)c2ccccc2c1=O. The molecule has 24 heavy (non-hydrogen) atoms. The van der Waals surface area contributed by atoms with E-state index in [0.717, 1.165) is 12.8 Å². The van der Waals surface area contributed by atoms with Crippen molar-refractivity contribution < 1.29 is 14.7 Å². The summed E-state index contributed by atoms with van der Waals surface area (Å²) >= 11 is 0. The molecule has 1 N–H and O–H groups in total. The van der Waals surface area contributed by atoms with Gasteiger partial charge in [-0.25, -0.2) is 9.48 Å². The van der Waals surface area contributed by atoms with Gasteiger partial charge < -0.3 is 10.0 Å². The van der Waals surface area contributed by atoms with E-state index in [1.54, 1.807) is 31.3 Å². The standard InChI is InChI=1S/C17H19N3O4/c1-19-16(22)12-7-3-2-6-11(12)13(18-19)10-15(21)20-9-5-4-8-14(20)17(23)24/h2-3,6-7,14H,4-5,8-10H2,1H3,(H,23,24)/t14-/m1/s1. The number of rotatable bonds is 3. The summed E-state index contributed by atoms with van der Waals surface area (Å²) in [6.45, 7) is 0.444. The first-order valence-electron chi connectivity index (χ1n) is 7.96. The zero-order valence-corrected chi connectivity index (χ0v) is 13.4. The Kier molecular flexibility index (Phi) is 4.33. The number of hydrogen-bond acceptors (Lipinski definition) is 4. The molecule has 0 bridgehead atoms. The summed E-state index contributed by atoms with van der Waals surface area (Å²) in [5.41, 5.74) is 0.274. The van der Waals surface area contributed by atoms with E-state index in [4.69, 9.17) is 0 Å². The Bertz CT molecular complexity index is 859. The van der Waals surface area contributed by atoms with Gasteiger partial charge in [0.05, 0.1) is 17.5 Å². The number of carbonyl (C=O) groups is 2. The van der Waals surface area contributed by atoms with E-state index in [2.05, 4.69) is 5.10 Å². The lowest BCUT2D eigenvalue weighted by Crippen LogP contribution is -2.48. The first-order chi connectivity index (χ1) is 11.5. The number of aryl methyl sites for hydroxylation is 1. The highest BCUT2D eigenvalue weighted by molar-refractivity contribution is 5.90. The highest BCUT2D eigenvalue weighted by atomic mass is 16.4. The summed E-state index contributed by atoms with van der Waals surface area (Å²) in [4.78, 5) is 37.6. The van der Waals surface area contributed by atoms with Crippen molar-refractivity contribution in [3.8, 4) is 0 Å². The van der Waals surface area contributed by atoms with Crippen LogP contribution in [0.1, 0.15) is 25.0 Å². The molecule has 0 radical (unpaired) electrons. The molecule has 0 aliphatic carbocycles. The van der Waals surface area contributed by atoms with Crippen molar-refractivity contribution in [2.75, 3.05) is 6.54 Å². The second-order valence-corrected chi connectivity index (χ2v) is 6.03. The van der Waals surface area contributed by atoms with Crippen LogP contribution in [0.4, 0.5) is 0 Å². The van der Waals surface area contributed by atoms with Crippen molar-refractivity contribution in [1.82, 2.24) is 14.7 Å². The number of carbonyl (C=O) groups excluding carboxylic acids is 1. The van der Waals surface area contributed by atoms with Crippen LogP contribution >= 0.6 is 0 Å². The number of amides is 1. The minimum Gasteiger partial charge on any atom is -0.480 e. The predicted octanol–water partition coefficient (Wildman–Crippen LogP) is 0.942. The molecular weight excluding hydrogens is 310 g/mol. The van der Waals surface area contributed by atoms with E-state index in [9.17, 15) is 19.5 Å². The molecule has 0 spiro atoms. The number of aliphatic carboxylic acids is 1. The van der Waals surface area contributed by atoms with Crippen LogP contribution in [0.25, 0.3) is 10.8 Å². The van der Waals surface area contributed by atoms with Crippen molar-refractivity contribution in [2.24, 2.45) is 7.05 Å². The largest absolute Gasteiger partial charge is 0.480 e. The second-order valence-electron chi connectivity index (χ2n) is 6.03. The fourth-order valence-electron chi connectivity index (χ4n) is 3.24. The van der Waals surface area contributed by atoms with E-state index in [1.165, 1.54) is 9.58 Å². The molecule has 1 aliphatic rings. The molecule has 7 heteroatoms. The Labute approximate surface area is 138 Å². The molecule has 1 amide bonds. The molecule has 1 fully saturated rings. The number of nitrogens with zero attached hydrogens (tertiary/aromatic N) is 3. The number of likely N-dealkylation sites (tertiary alicyclic amines) is 1. The molecule has 3 rings (SSSR count). The number of fused-ring (bicyclic) bond motifs is 1.